The Hall–Kier alpha value is -8.81. The van der Waals surface area contributed by atoms with Crippen LogP contribution >= 0.6 is 69.6 Å². The third-order valence-electron chi connectivity index (χ3n) is 22.1. The fourth-order valence-electron chi connectivity index (χ4n) is 15.6. The molecule has 0 aliphatic carbocycles. The van der Waals surface area contributed by atoms with Crippen molar-refractivity contribution in [2.75, 3.05) is 65.4 Å². The van der Waals surface area contributed by atoms with Crippen LogP contribution in [0.3, 0.4) is 0 Å². The number of ether oxygens (including phenoxy) is 9. The van der Waals surface area contributed by atoms with Gasteiger partial charge >= 0.3 is 0 Å². The van der Waals surface area contributed by atoms with Crippen LogP contribution in [0.5, 0.6) is 11.8 Å². The maximum atomic E-state index is 11.9. The number of aromatic nitrogens is 6. The highest BCUT2D eigenvalue weighted by Crippen LogP contribution is 2.45. The first kappa shape index (κ1) is 95.3. The minimum Gasteiger partial charge on any atom is -0.473 e. The van der Waals surface area contributed by atoms with E-state index in [2.05, 4.69) is 168 Å². The van der Waals surface area contributed by atoms with Crippen molar-refractivity contribution in [3.05, 3.63) is 331 Å². The van der Waals surface area contributed by atoms with Crippen LogP contribution in [0.15, 0.2) is 271 Å². The van der Waals surface area contributed by atoms with E-state index in [-0.39, 0.29) is 47.4 Å². The van der Waals surface area contributed by atoms with E-state index in [1.54, 1.807) is 24.6 Å². The number of nitrogens with zero attached hydrogens (tertiary/aromatic N) is 6. The maximum absolute atomic E-state index is 11.9. The van der Waals surface area contributed by atoms with Crippen molar-refractivity contribution in [2.45, 2.75) is 132 Å². The molecular formula is C100H107Cl6N7O12SSi2. The molecule has 0 spiro atoms. The molecule has 28 heteroatoms. The summed E-state index contributed by atoms with van der Waals surface area (Å²) in [6.07, 6.45) is 4.03. The van der Waals surface area contributed by atoms with Gasteiger partial charge in [0, 0.05) is 94.6 Å². The van der Waals surface area contributed by atoms with Crippen LogP contribution in [-0.4, -0.2) is 162 Å². The van der Waals surface area contributed by atoms with Gasteiger partial charge in [-0.1, -0.05) is 327 Å². The molecule has 0 radical (unpaired) electrons. The van der Waals surface area contributed by atoms with E-state index in [4.69, 9.17) is 117 Å². The van der Waals surface area contributed by atoms with Gasteiger partial charge in [0.15, 0.2) is 11.8 Å². The number of hydrogen-bond donors (Lipinski definition) is 3. The largest absolute Gasteiger partial charge is 0.473 e. The van der Waals surface area contributed by atoms with E-state index in [0.29, 0.717) is 121 Å². The lowest BCUT2D eigenvalue weighted by atomic mass is 9.80. The Morgan fingerprint density at radius 3 is 1.31 bits per heavy atom. The zero-order valence-electron chi connectivity index (χ0n) is 72.8. The summed E-state index contributed by atoms with van der Waals surface area (Å²) in [6, 6.07) is 90.9. The van der Waals surface area contributed by atoms with Gasteiger partial charge in [-0.2, -0.15) is 4.36 Å². The van der Waals surface area contributed by atoms with Crippen LogP contribution in [-0.2, 0) is 67.6 Å². The third kappa shape index (κ3) is 24.7. The van der Waals surface area contributed by atoms with Crippen LogP contribution in [0.2, 0.25) is 81.9 Å². The van der Waals surface area contributed by atoms with E-state index >= 15 is 0 Å². The molecule has 670 valence electrons. The second-order valence-electron chi connectivity index (χ2n) is 34.7. The molecule has 0 saturated carbocycles. The predicted molar refractivity (Wildman–Crippen MR) is 522 cm³/mol. The average Bonchev–Trinajstić information content (AvgIpc) is 1.34. The molecule has 8 aromatic carbocycles. The molecular weight excluding hydrogens is 1790 g/mol. The quantitative estimate of drug-likeness (QED) is 0.0165. The molecule has 6 atom stereocenters. The summed E-state index contributed by atoms with van der Waals surface area (Å²) in [5.41, 5.74) is 13.8. The molecule has 3 saturated heterocycles. The van der Waals surface area contributed by atoms with Crippen molar-refractivity contribution >= 4 is 134 Å². The van der Waals surface area contributed by atoms with Gasteiger partial charge in [-0.15, -0.1) is 0 Å². The van der Waals surface area contributed by atoms with Gasteiger partial charge in [-0.05, 0) is 86.9 Å². The van der Waals surface area contributed by atoms with E-state index < -0.39 is 43.2 Å². The first-order valence-electron chi connectivity index (χ1n) is 42.7. The van der Waals surface area contributed by atoms with Crippen LogP contribution in [0, 0.1) is 0 Å². The van der Waals surface area contributed by atoms with Crippen LogP contribution in [0.1, 0.15) is 52.6 Å². The highest BCUT2D eigenvalue weighted by molar-refractivity contribution is 7.92. The summed E-state index contributed by atoms with van der Waals surface area (Å²) in [7, 11) is -4.50. The molecule has 3 fully saturated rings. The van der Waals surface area contributed by atoms with Crippen molar-refractivity contribution < 1.29 is 57.1 Å². The number of pyridine rings is 3. The van der Waals surface area contributed by atoms with E-state index in [1.165, 1.54) is 0 Å². The Bertz CT molecular complexity index is 5900. The van der Waals surface area contributed by atoms with Crippen molar-refractivity contribution in [3.63, 3.8) is 0 Å². The Kier molecular flexibility index (Phi) is 32.4. The van der Waals surface area contributed by atoms with E-state index in [0.717, 1.165) is 96.3 Å². The monoisotopic (exact) mass is 1900 g/mol. The molecule has 128 heavy (non-hydrogen) atoms. The van der Waals surface area contributed by atoms with Gasteiger partial charge in [-0.3, -0.25) is 4.57 Å². The minimum absolute atomic E-state index is 0.00634. The predicted octanol–water partition coefficient (Wildman–Crippen LogP) is 24.1. The number of aromatic amines is 1. The second kappa shape index (κ2) is 43.5. The summed E-state index contributed by atoms with van der Waals surface area (Å²) in [5, 5.41) is 21.5. The first-order valence-corrected chi connectivity index (χ1v) is 54.7. The topological polar surface area (TPSA) is 217 Å². The molecule has 0 amide bonds. The third-order valence-corrected chi connectivity index (χ3v) is 28.1. The van der Waals surface area contributed by atoms with Gasteiger partial charge in [0.05, 0.1) is 124 Å². The Labute approximate surface area is 781 Å². The molecule has 0 unspecified atom stereocenters. The Morgan fingerprint density at radius 2 is 0.875 bits per heavy atom. The van der Waals surface area contributed by atoms with Gasteiger partial charge in [0.1, 0.15) is 52.3 Å². The summed E-state index contributed by atoms with van der Waals surface area (Å²) in [5.74, 6) is 1.25. The number of fused-ring (bicyclic) bond motifs is 3. The number of halogens is 6. The molecule has 3 aliphatic heterocycles. The number of aliphatic hydroxyl groups is 2. The number of benzene rings is 8. The van der Waals surface area contributed by atoms with Crippen molar-refractivity contribution in [3.8, 4) is 34.1 Å². The number of hydrogen-bond acceptors (Lipinski definition) is 16. The van der Waals surface area contributed by atoms with Crippen molar-refractivity contribution in [1.82, 2.24) is 29.1 Å². The van der Waals surface area contributed by atoms with Gasteiger partial charge < -0.3 is 62.4 Å². The highest BCUT2D eigenvalue weighted by atomic mass is 35.5. The lowest BCUT2D eigenvalue weighted by Crippen LogP contribution is -2.35. The van der Waals surface area contributed by atoms with Crippen molar-refractivity contribution in [1.29, 1.82) is 0 Å². The minimum atomic E-state index is -2.19. The van der Waals surface area contributed by atoms with Gasteiger partial charge in [0.25, 0.3) is 0 Å². The molecule has 19 nitrogen and oxygen atoms in total. The number of nitrogens with one attached hydrogen (secondary N) is 1. The first-order chi connectivity index (χ1) is 61.6. The molecule has 17 rings (SSSR count). The number of rotatable bonds is 30. The summed E-state index contributed by atoms with van der Waals surface area (Å²) >= 11 is 37.3. The lowest BCUT2D eigenvalue weighted by molar-refractivity contribution is -0.0460. The maximum Gasteiger partial charge on any atom is 0.198 e. The number of aliphatic hydroxyl groups excluding tert-OH is 2. The average molecular weight is 1900 g/mol. The molecule has 0 bridgehead atoms. The molecule has 14 aromatic rings. The smallest absolute Gasteiger partial charge is 0.198 e. The fraction of sp³-hybridized carbons (Fsp3) is 0.310. The standard InChI is InChI=1S/C37H40Cl2N2O4Si.C26H26ClN3O4S.C24H24O3.C13H17Cl3N2OSi/c1-46(2,3)20-19-42-26-41-34-22-32(38)36(39)40-33(34)23-35(41)45-31-21-30(43-24-31)25-44-37(27-13-7-4-8-14-27,28-15-9-5-10-16-28)29-17-11-6-12-18-29;1-35(2,32)30-19-9-7-17(8-10-19)16-3-5-18(6-4-16)26-22(27)12-23-24(29-26)13-25(28-23)34-21-11-20(14-31)33-15-21;25-22-16-23(26-17-22)18-27-24(19-10-4-1-5-11-19,20-12-6-2-7-13-20)21-14-8-3-9-15-21;1-20(2,3)5-4-19-8-18-11-6-9(14)13(16)17-10(11)7-12(18)15/h4-18,22-23,30-31H,19-21,24-26H2,1-3H3;3-10,12-13,20-21,28,31H,11,14-15H2,1-2H3;1-15,22-23,25H,16-18H2;6-7H,4-5,8H2,1-3H3/t30-,31-;20-,21-;22-,23-;/m000./s1. The Balaban J connectivity index is 0.000000144. The van der Waals surface area contributed by atoms with E-state index in [1.807, 2.05) is 155 Å². The van der Waals surface area contributed by atoms with Crippen molar-refractivity contribution in [2.24, 2.45) is 4.36 Å². The lowest BCUT2D eigenvalue weighted by Gasteiger charge is -2.36. The summed E-state index contributed by atoms with van der Waals surface area (Å²) in [6.45, 7) is 18.2. The Morgan fingerprint density at radius 1 is 0.469 bits per heavy atom. The van der Waals surface area contributed by atoms with Gasteiger partial charge in [0.2, 0.25) is 0 Å². The van der Waals surface area contributed by atoms with Crippen LogP contribution in [0.25, 0.3) is 55.5 Å². The molecule has 3 N–H and O–H groups in total. The van der Waals surface area contributed by atoms with Crippen LogP contribution in [0.4, 0.5) is 5.69 Å². The SMILES string of the molecule is CS(C)(=O)=Nc1ccc(-c2ccc(-c3nc4cc(O[C@@H]5CO[C@H](CO)C5)[nH]c4cc3Cl)cc2)cc1.C[Si](C)(C)CCOCn1c(Cl)cc2nc(Cl)c(Cl)cc21.C[Si](C)(C)CCOCn1c(O[C@@H]2CO[C@H](COC(c3ccccc3)(c3ccccc3)c3ccccc3)C2)cc2nc(Cl)c(Cl)cc21.O[C@@H]1CO[C@H](COC(c2ccccc2)(c2ccccc2)c2ccccc2)C1. The zero-order valence-corrected chi connectivity index (χ0v) is 80.2. The molecule has 9 heterocycles. The summed E-state index contributed by atoms with van der Waals surface area (Å²) in [4.78, 5) is 16.7. The van der Waals surface area contributed by atoms with E-state index in [9.17, 15) is 14.4 Å². The normalized spacial score (nSPS) is 17.2. The van der Waals surface area contributed by atoms with Crippen LogP contribution < -0.4 is 9.47 Å². The molecule has 6 aromatic heterocycles. The molecule has 3 aliphatic rings. The highest BCUT2D eigenvalue weighted by Gasteiger charge is 2.42. The fourth-order valence-corrected chi connectivity index (χ4v) is 18.8. The summed E-state index contributed by atoms with van der Waals surface area (Å²) < 4.78 is 75.5. The van der Waals surface area contributed by atoms with Gasteiger partial charge in [-0.25, -0.2) is 19.2 Å². The number of H-pyrrole nitrogens is 1. The second-order valence-corrected chi connectivity index (χ2v) is 50.8. The zero-order chi connectivity index (χ0) is 90.2.